The Morgan fingerprint density at radius 3 is 1.87 bits per heavy atom. The van der Waals surface area contributed by atoms with Crippen LogP contribution < -0.4 is 5.73 Å². The number of rotatable bonds is 1. The molecule has 0 aromatic carbocycles. The number of nitrogens with two attached hydrogens (primary N) is 1. The van der Waals surface area contributed by atoms with Crippen molar-refractivity contribution in [2.45, 2.75) is 20.0 Å². The molecule has 0 aliphatic carbocycles. The average Bonchev–Trinajstić information content (AvgIpc) is 1.99. The smallest absolute Gasteiger partial charge is 0.365 e. The highest BCUT2D eigenvalue weighted by atomic mass is 19.4. The quantitative estimate of drug-likeness (QED) is 0.771. The zero-order chi connectivity index (χ0) is 11.8. The number of carbonyl (C=O) groups is 1. The largest absolute Gasteiger partial charge is 0.451 e. The Morgan fingerprint density at radius 1 is 1.20 bits per heavy atom. The lowest BCUT2D eigenvalue weighted by Gasteiger charge is -2.09. The van der Waals surface area contributed by atoms with E-state index in [1.165, 1.54) is 13.8 Å². The Labute approximate surface area is 83.3 Å². The summed E-state index contributed by atoms with van der Waals surface area (Å²) in [6.45, 7) is 2.56. The second-order valence-electron chi connectivity index (χ2n) is 2.96. The first-order chi connectivity index (χ1) is 6.73. The second-order valence-corrected chi connectivity index (χ2v) is 2.96. The van der Waals surface area contributed by atoms with Crippen molar-refractivity contribution in [3.8, 4) is 0 Å². The van der Waals surface area contributed by atoms with Crippen molar-refractivity contribution in [1.29, 1.82) is 0 Å². The lowest BCUT2D eigenvalue weighted by Crippen LogP contribution is -2.20. The molecule has 0 aliphatic heterocycles. The predicted octanol–water partition coefficient (Wildman–Crippen LogP) is 1.21. The van der Waals surface area contributed by atoms with Crippen LogP contribution in [0.2, 0.25) is 0 Å². The molecule has 0 atom stereocenters. The third kappa shape index (κ3) is 2.23. The van der Waals surface area contributed by atoms with Crippen LogP contribution in [0.5, 0.6) is 0 Å². The number of halogens is 3. The van der Waals surface area contributed by atoms with Gasteiger partial charge in [-0.15, -0.1) is 0 Å². The Hall–Kier alpha value is -1.66. The first kappa shape index (κ1) is 11.4. The zero-order valence-corrected chi connectivity index (χ0v) is 8.01. The SMILES string of the molecule is Cc1nc(C(F)(F)F)nc(C)c1C(N)=O. The molecule has 15 heavy (non-hydrogen) atoms. The summed E-state index contributed by atoms with van der Waals surface area (Å²) in [5, 5.41) is 0. The Bertz CT molecular complexity index is 391. The maximum atomic E-state index is 12.2. The molecular weight excluding hydrogens is 211 g/mol. The van der Waals surface area contributed by atoms with E-state index in [0.29, 0.717) is 0 Å². The minimum Gasteiger partial charge on any atom is -0.365 e. The van der Waals surface area contributed by atoms with Crippen molar-refractivity contribution in [3.63, 3.8) is 0 Å². The molecule has 1 aromatic rings. The first-order valence-corrected chi connectivity index (χ1v) is 3.95. The first-order valence-electron chi connectivity index (χ1n) is 3.95. The molecule has 0 unspecified atom stereocenters. The summed E-state index contributed by atoms with van der Waals surface area (Å²) in [7, 11) is 0. The van der Waals surface area contributed by atoms with E-state index in [4.69, 9.17) is 5.73 Å². The van der Waals surface area contributed by atoms with Gasteiger partial charge in [-0.1, -0.05) is 0 Å². The van der Waals surface area contributed by atoms with Gasteiger partial charge >= 0.3 is 6.18 Å². The molecule has 0 aliphatic rings. The van der Waals surface area contributed by atoms with Gasteiger partial charge in [-0.2, -0.15) is 13.2 Å². The van der Waals surface area contributed by atoms with Crippen LogP contribution in [-0.4, -0.2) is 15.9 Å². The van der Waals surface area contributed by atoms with E-state index in [9.17, 15) is 18.0 Å². The van der Waals surface area contributed by atoms with Crippen molar-refractivity contribution in [3.05, 3.63) is 22.8 Å². The van der Waals surface area contributed by atoms with Crippen LogP contribution in [0.4, 0.5) is 13.2 Å². The highest BCUT2D eigenvalue weighted by molar-refractivity contribution is 5.94. The minimum atomic E-state index is -4.62. The third-order valence-electron chi connectivity index (χ3n) is 1.77. The highest BCUT2D eigenvalue weighted by Gasteiger charge is 2.35. The van der Waals surface area contributed by atoms with Crippen molar-refractivity contribution in [1.82, 2.24) is 9.97 Å². The molecule has 1 heterocycles. The van der Waals surface area contributed by atoms with Gasteiger partial charge in [-0.3, -0.25) is 4.79 Å². The Kier molecular flexibility index (Phi) is 2.65. The monoisotopic (exact) mass is 219 g/mol. The average molecular weight is 219 g/mol. The molecule has 82 valence electrons. The minimum absolute atomic E-state index is 0.0667. The van der Waals surface area contributed by atoms with E-state index < -0.39 is 17.9 Å². The maximum absolute atomic E-state index is 12.2. The molecular formula is C8H8F3N3O. The molecule has 1 rings (SSSR count). The van der Waals surface area contributed by atoms with Gasteiger partial charge in [-0.25, -0.2) is 9.97 Å². The lowest BCUT2D eigenvalue weighted by atomic mass is 10.1. The molecule has 0 bridgehead atoms. The summed E-state index contributed by atoms with van der Waals surface area (Å²) >= 11 is 0. The summed E-state index contributed by atoms with van der Waals surface area (Å²) in [4.78, 5) is 17.2. The number of carbonyl (C=O) groups excluding carboxylic acids is 1. The van der Waals surface area contributed by atoms with Crippen molar-refractivity contribution < 1.29 is 18.0 Å². The number of alkyl halides is 3. The number of amides is 1. The van der Waals surface area contributed by atoms with Gasteiger partial charge in [0.1, 0.15) is 0 Å². The molecule has 4 nitrogen and oxygen atoms in total. The van der Waals surface area contributed by atoms with Crippen LogP contribution in [0.15, 0.2) is 0 Å². The molecule has 1 amide bonds. The Balaban J connectivity index is 3.39. The maximum Gasteiger partial charge on any atom is 0.451 e. The summed E-state index contributed by atoms with van der Waals surface area (Å²) in [6.07, 6.45) is -4.62. The second kappa shape index (κ2) is 3.48. The summed E-state index contributed by atoms with van der Waals surface area (Å²) in [6, 6.07) is 0. The molecule has 0 saturated heterocycles. The normalized spacial score (nSPS) is 11.5. The van der Waals surface area contributed by atoms with Gasteiger partial charge in [0.2, 0.25) is 5.82 Å². The van der Waals surface area contributed by atoms with E-state index in [-0.39, 0.29) is 17.0 Å². The van der Waals surface area contributed by atoms with Gasteiger partial charge < -0.3 is 5.73 Å². The lowest BCUT2D eigenvalue weighted by molar-refractivity contribution is -0.145. The summed E-state index contributed by atoms with van der Waals surface area (Å²) < 4.78 is 36.7. The van der Waals surface area contributed by atoms with E-state index in [2.05, 4.69) is 9.97 Å². The van der Waals surface area contributed by atoms with Gasteiger partial charge in [0, 0.05) is 0 Å². The molecule has 0 saturated carbocycles. The third-order valence-corrected chi connectivity index (χ3v) is 1.77. The van der Waals surface area contributed by atoms with Crippen LogP contribution >= 0.6 is 0 Å². The molecule has 0 radical (unpaired) electrons. The number of nitrogens with zero attached hydrogens (tertiary/aromatic N) is 2. The van der Waals surface area contributed by atoms with Crippen LogP contribution in [0.25, 0.3) is 0 Å². The van der Waals surface area contributed by atoms with Gasteiger partial charge in [-0.05, 0) is 13.8 Å². The van der Waals surface area contributed by atoms with Crippen LogP contribution in [0, 0.1) is 13.8 Å². The number of aryl methyl sites for hydroxylation is 2. The van der Waals surface area contributed by atoms with E-state index in [0.717, 1.165) is 0 Å². The Morgan fingerprint density at radius 2 is 1.60 bits per heavy atom. The fourth-order valence-corrected chi connectivity index (χ4v) is 1.20. The van der Waals surface area contributed by atoms with Gasteiger partial charge in [0.25, 0.3) is 5.91 Å². The van der Waals surface area contributed by atoms with Crippen LogP contribution in [-0.2, 0) is 6.18 Å². The van der Waals surface area contributed by atoms with Crippen molar-refractivity contribution >= 4 is 5.91 Å². The van der Waals surface area contributed by atoms with Gasteiger partial charge in [0.05, 0.1) is 17.0 Å². The molecule has 1 aromatic heterocycles. The number of aromatic nitrogens is 2. The molecule has 0 spiro atoms. The molecule has 2 N–H and O–H groups in total. The summed E-state index contributed by atoms with van der Waals surface area (Å²) in [5.41, 5.74) is 4.77. The summed E-state index contributed by atoms with van der Waals surface area (Å²) in [5.74, 6) is -2.10. The highest BCUT2D eigenvalue weighted by Crippen LogP contribution is 2.27. The van der Waals surface area contributed by atoms with Crippen molar-refractivity contribution in [2.75, 3.05) is 0 Å². The van der Waals surface area contributed by atoms with Crippen LogP contribution in [0.3, 0.4) is 0 Å². The van der Waals surface area contributed by atoms with E-state index in [1.807, 2.05) is 0 Å². The van der Waals surface area contributed by atoms with Gasteiger partial charge in [0.15, 0.2) is 0 Å². The fourth-order valence-electron chi connectivity index (χ4n) is 1.20. The van der Waals surface area contributed by atoms with Crippen LogP contribution in [0.1, 0.15) is 27.6 Å². The number of hydrogen-bond acceptors (Lipinski definition) is 3. The molecule has 0 fully saturated rings. The molecule has 7 heteroatoms. The zero-order valence-electron chi connectivity index (χ0n) is 8.01. The topological polar surface area (TPSA) is 68.9 Å². The van der Waals surface area contributed by atoms with E-state index in [1.54, 1.807) is 0 Å². The standard InChI is InChI=1S/C8H8F3N3O/c1-3-5(6(12)15)4(2)14-7(13-3)8(9,10)11/h1-2H3,(H2,12,15). The predicted molar refractivity (Wildman–Crippen MR) is 45.0 cm³/mol. The number of primary amides is 1. The van der Waals surface area contributed by atoms with E-state index >= 15 is 0 Å². The number of hydrogen-bond donors (Lipinski definition) is 1. The van der Waals surface area contributed by atoms with Crippen molar-refractivity contribution in [2.24, 2.45) is 5.73 Å². The fraction of sp³-hybridized carbons (Fsp3) is 0.375.